The topological polar surface area (TPSA) is 9.23 Å². The maximum Gasteiger partial charge on any atom is 0.573 e. The Kier molecular flexibility index (Phi) is 17.9. The van der Waals surface area contributed by atoms with Crippen LogP contribution in [0.3, 0.4) is 0 Å². The van der Waals surface area contributed by atoms with Crippen molar-refractivity contribution in [1.29, 1.82) is 0 Å². The van der Waals surface area contributed by atoms with Crippen molar-refractivity contribution in [2.75, 3.05) is 0 Å². The molecular formula is C29H49F3O. The summed E-state index contributed by atoms with van der Waals surface area (Å²) in [5, 5.41) is 0. The molecule has 0 spiro atoms. The second kappa shape index (κ2) is 16.6. The lowest BCUT2D eigenvalue weighted by molar-refractivity contribution is -0.274. The Hall–Kier alpha value is -1.97. The predicted octanol–water partition coefficient (Wildman–Crippen LogP) is 10.6. The zero-order valence-corrected chi connectivity index (χ0v) is 23.6. The summed E-state index contributed by atoms with van der Waals surface area (Å²) >= 11 is 0. The SMILES string of the molecule is CC.CC.CC.CC(C)(C)c1ccccc1.Cc1c(OC(F)(F)F)ccc(C(C)(C)C)c1C. The van der Waals surface area contributed by atoms with E-state index in [4.69, 9.17) is 0 Å². The van der Waals surface area contributed by atoms with Crippen LogP contribution in [0.15, 0.2) is 42.5 Å². The van der Waals surface area contributed by atoms with Crippen LogP contribution in [0.5, 0.6) is 5.75 Å². The lowest BCUT2D eigenvalue weighted by Gasteiger charge is -2.24. The molecule has 0 fully saturated rings. The zero-order chi connectivity index (χ0) is 27.0. The van der Waals surface area contributed by atoms with Gasteiger partial charge in [-0.25, -0.2) is 0 Å². The molecule has 0 aromatic heterocycles. The molecule has 0 bridgehead atoms. The first-order chi connectivity index (χ1) is 15.1. The Balaban J connectivity index is -0.000000478. The molecule has 0 aliphatic rings. The fraction of sp³-hybridized carbons (Fsp3) is 0.586. The first kappa shape index (κ1) is 35.6. The molecule has 0 unspecified atom stereocenters. The number of halogens is 3. The fourth-order valence-corrected chi connectivity index (χ4v) is 2.78. The molecule has 2 aromatic carbocycles. The van der Waals surface area contributed by atoms with E-state index < -0.39 is 6.36 Å². The van der Waals surface area contributed by atoms with Gasteiger partial charge in [-0.15, -0.1) is 13.2 Å². The van der Waals surface area contributed by atoms with Crippen LogP contribution in [-0.4, -0.2) is 6.36 Å². The van der Waals surface area contributed by atoms with Crippen LogP contribution < -0.4 is 4.74 Å². The van der Waals surface area contributed by atoms with Gasteiger partial charge in [0.15, 0.2) is 0 Å². The number of hydrogen-bond donors (Lipinski definition) is 0. The average molecular weight is 471 g/mol. The van der Waals surface area contributed by atoms with Crippen LogP contribution in [0, 0.1) is 13.8 Å². The molecule has 2 rings (SSSR count). The molecule has 0 radical (unpaired) electrons. The molecule has 0 atom stereocenters. The smallest absolute Gasteiger partial charge is 0.406 e. The Morgan fingerprint density at radius 2 is 1.00 bits per heavy atom. The Morgan fingerprint density at radius 3 is 1.30 bits per heavy atom. The second-order valence-electron chi connectivity index (χ2n) is 8.78. The highest BCUT2D eigenvalue weighted by molar-refractivity contribution is 5.46. The van der Waals surface area contributed by atoms with E-state index in [9.17, 15) is 13.2 Å². The molecule has 0 N–H and O–H groups in total. The van der Waals surface area contributed by atoms with Gasteiger partial charge < -0.3 is 4.74 Å². The largest absolute Gasteiger partial charge is 0.573 e. The molecule has 33 heavy (non-hydrogen) atoms. The number of hydrogen-bond acceptors (Lipinski definition) is 1. The van der Waals surface area contributed by atoms with E-state index in [2.05, 4.69) is 55.8 Å². The van der Waals surface area contributed by atoms with Crippen molar-refractivity contribution in [3.05, 3.63) is 64.7 Å². The summed E-state index contributed by atoms with van der Waals surface area (Å²) in [6, 6.07) is 13.6. The van der Waals surface area contributed by atoms with Crippen LogP contribution in [0.4, 0.5) is 13.2 Å². The summed E-state index contributed by atoms with van der Waals surface area (Å²) in [6.07, 6.45) is -4.64. The third-order valence-electron chi connectivity index (χ3n) is 4.41. The quantitative estimate of drug-likeness (QED) is 0.403. The van der Waals surface area contributed by atoms with Crippen molar-refractivity contribution in [3.63, 3.8) is 0 Å². The summed E-state index contributed by atoms with van der Waals surface area (Å²) < 4.78 is 40.5. The van der Waals surface area contributed by atoms with Gasteiger partial charge in [0.25, 0.3) is 0 Å². The van der Waals surface area contributed by atoms with Gasteiger partial charge in [-0.05, 0) is 53.0 Å². The van der Waals surface area contributed by atoms with Crippen LogP contribution in [0.2, 0.25) is 0 Å². The number of rotatable bonds is 1. The first-order valence-electron chi connectivity index (χ1n) is 12.0. The summed E-state index contributed by atoms with van der Waals surface area (Å²) in [7, 11) is 0. The lowest BCUT2D eigenvalue weighted by Crippen LogP contribution is -2.19. The molecule has 0 aliphatic carbocycles. The van der Waals surface area contributed by atoms with E-state index >= 15 is 0 Å². The molecule has 192 valence electrons. The van der Waals surface area contributed by atoms with Gasteiger partial charge in [0, 0.05) is 0 Å². The highest BCUT2D eigenvalue weighted by atomic mass is 19.4. The highest BCUT2D eigenvalue weighted by Gasteiger charge is 2.32. The standard InChI is InChI=1S/C13H17F3O.C10H14.3C2H6/c1-8-9(2)11(17-13(14,15)16)7-6-10(8)12(3,4)5;1-10(2,3)9-7-5-4-6-8-9;3*1-2/h6-7H,1-5H3;4-8H,1-3H3;3*1-2H3. The summed E-state index contributed by atoms with van der Waals surface area (Å²) in [5.41, 5.74) is 4.01. The van der Waals surface area contributed by atoms with Crippen molar-refractivity contribution < 1.29 is 17.9 Å². The molecule has 0 heterocycles. The Labute approximate surface area is 202 Å². The minimum Gasteiger partial charge on any atom is -0.406 e. The Bertz CT molecular complexity index is 734. The molecule has 2 aromatic rings. The van der Waals surface area contributed by atoms with E-state index in [0.717, 1.165) is 11.1 Å². The van der Waals surface area contributed by atoms with Gasteiger partial charge in [-0.2, -0.15) is 0 Å². The van der Waals surface area contributed by atoms with Crippen molar-refractivity contribution >= 4 is 0 Å². The summed E-state index contributed by atoms with van der Waals surface area (Å²) in [4.78, 5) is 0. The molecular weight excluding hydrogens is 421 g/mol. The highest BCUT2D eigenvalue weighted by Crippen LogP contribution is 2.34. The average Bonchev–Trinajstić information content (AvgIpc) is 2.74. The molecule has 0 amide bonds. The first-order valence-corrected chi connectivity index (χ1v) is 12.0. The monoisotopic (exact) mass is 470 g/mol. The third-order valence-corrected chi connectivity index (χ3v) is 4.41. The minimum atomic E-state index is -4.64. The summed E-state index contributed by atoms with van der Waals surface area (Å²) in [6.45, 7) is 28.2. The number of ether oxygens (including phenoxy) is 1. The van der Waals surface area contributed by atoms with Gasteiger partial charge >= 0.3 is 6.36 Å². The van der Waals surface area contributed by atoms with E-state index in [1.165, 1.54) is 11.6 Å². The van der Waals surface area contributed by atoms with E-state index in [-0.39, 0.29) is 11.2 Å². The maximum atomic E-state index is 12.2. The molecule has 1 nitrogen and oxygen atoms in total. The van der Waals surface area contributed by atoms with Crippen molar-refractivity contribution in [2.45, 2.75) is 114 Å². The molecule has 0 aliphatic heterocycles. The molecule has 4 heteroatoms. The normalized spacial score (nSPS) is 10.6. The van der Waals surface area contributed by atoms with E-state index in [1.807, 2.05) is 69.2 Å². The zero-order valence-electron chi connectivity index (χ0n) is 23.6. The van der Waals surface area contributed by atoms with Gasteiger partial charge in [-0.3, -0.25) is 0 Å². The van der Waals surface area contributed by atoms with Crippen LogP contribution in [-0.2, 0) is 10.8 Å². The van der Waals surface area contributed by atoms with Gasteiger partial charge in [0.05, 0.1) is 0 Å². The number of benzene rings is 2. The molecule has 0 saturated carbocycles. The number of alkyl halides is 3. The maximum absolute atomic E-state index is 12.2. The van der Waals surface area contributed by atoms with Gasteiger partial charge in [-0.1, -0.05) is 119 Å². The fourth-order valence-electron chi connectivity index (χ4n) is 2.78. The van der Waals surface area contributed by atoms with Crippen LogP contribution in [0.25, 0.3) is 0 Å². The minimum absolute atomic E-state index is 0.0917. The predicted molar refractivity (Wildman–Crippen MR) is 140 cm³/mol. The third kappa shape index (κ3) is 14.7. The lowest BCUT2D eigenvalue weighted by atomic mass is 9.82. The van der Waals surface area contributed by atoms with Crippen LogP contribution in [0.1, 0.15) is 105 Å². The van der Waals surface area contributed by atoms with E-state index in [1.54, 1.807) is 13.0 Å². The van der Waals surface area contributed by atoms with Crippen molar-refractivity contribution in [1.82, 2.24) is 0 Å². The van der Waals surface area contributed by atoms with Gasteiger partial charge in [0.1, 0.15) is 5.75 Å². The van der Waals surface area contributed by atoms with Crippen LogP contribution >= 0.6 is 0 Å². The van der Waals surface area contributed by atoms with Crippen molar-refractivity contribution in [2.24, 2.45) is 0 Å². The van der Waals surface area contributed by atoms with Gasteiger partial charge in [0.2, 0.25) is 0 Å². The van der Waals surface area contributed by atoms with E-state index in [0.29, 0.717) is 11.0 Å². The molecule has 0 saturated heterocycles. The Morgan fingerprint density at radius 1 is 0.576 bits per heavy atom. The second-order valence-corrected chi connectivity index (χ2v) is 8.78. The van der Waals surface area contributed by atoms with Crippen molar-refractivity contribution in [3.8, 4) is 5.75 Å². The summed E-state index contributed by atoms with van der Waals surface area (Å²) in [5.74, 6) is -0.122.